The molecule has 0 heterocycles. The molecule has 0 amide bonds. The molecule has 108 valence electrons. The summed E-state index contributed by atoms with van der Waals surface area (Å²) >= 11 is 0. The van der Waals surface area contributed by atoms with E-state index in [1.54, 1.807) is 24.3 Å². The zero-order valence-electron chi connectivity index (χ0n) is 11.7. The van der Waals surface area contributed by atoms with Crippen LogP contribution in [0.1, 0.15) is 17.5 Å². The fourth-order valence-electron chi connectivity index (χ4n) is 2.45. The maximum atomic E-state index is 12.1. The van der Waals surface area contributed by atoms with E-state index >= 15 is 0 Å². The van der Waals surface area contributed by atoms with Crippen molar-refractivity contribution in [2.45, 2.75) is 6.42 Å². The van der Waals surface area contributed by atoms with E-state index in [4.69, 9.17) is 0 Å². The monoisotopic (exact) mass is 291 g/mol. The molecule has 4 heteroatoms. The van der Waals surface area contributed by atoms with Gasteiger partial charge in [-0.1, -0.05) is 30.3 Å². The number of benzene rings is 2. The van der Waals surface area contributed by atoms with Crippen LogP contribution in [0, 0.1) is 10.1 Å². The molecule has 0 unspecified atom stereocenters. The third-order valence-corrected chi connectivity index (χ3v) is 3.59. The number of rotatable bonds is 3. The minimum absolute atomic E-state index is 0.00259. The Hall–Kier alpha value is -3.01. The van der Waals surface area contributed by atoms with Crippen LogP contribution < -0.4 is 0 Å². The number of nitro benzene ring substituents is 1. The fourth-order valence-corrected chi connectivity index (χ4v) is 2.45. The van der Waals surface area contributed by atoms with Gasteiger partial charge < -0.3 is 0 Å². The van der Waals surface area contributed by atoms with Gasteiger partial charge in [0.1, 0.15) is 0 Å². The van der Waals surface area contributed by atoms with Gasteiger partial charge in [0, 0.05) is 24.1 Å². The molecule has 0 saturated carbocycles. The lowest BCUT2D eigenvalue weighted by Crippen LogP contribution is -1.91. The fraction of sp³-hybridized carbons (Fsp3) is 0.0556. The van der Waals surface area contributed by atoms with Crippen LogP contribution in [-0.2, 0) is 4.79 Å². The van der Waals surface area contributed by atoms with E-state index in [1.165, 1.54) is 12.1 Å². The highest BCUT2D eigenvalue weighted by Gasteiger charge is 2.19. The van der Waals surface area contributed by atoms with Crippen LogP contribution >= 0.6 is 0 Å². The lowest BCUT2D eigenvalue weighted by molar-refractivity contribution is -0.384. The maximum Gasteiger partial charge on any atom is 0.269 e. The lowest BCUT2D eigenvalue weighted by Gasteiger charge is -2.01. The minimum atomic E-state index is -0.438. The van der Waals surface area contributed by atoms with Crippen LogP contribution in [0.15, 0.2) is 66.2 Å². The average Bonchev–Trinajstić information content (AvgIpc) is 2.90. The van der Waals surface area contributed by atoms with Crippen molar-refractivity contribution in [2.75, 3.05) is 0 Å². The normalized spacial score (nSPS) is 15.9. The van der Waals surface area contributed by atoms with Crippen molar-refractivity contribution in [2.24, 2.45) is 0 Å². The Balaban J connectivity index is 1.82. The summed E-state index contributed by atoms with van der Waals surface area (Å²) in [4.78, 5) is 22.3. The van der Waals surface area contributed by atoms with E-state index in [0.717, 1.165) is 16.7 Å². The Kier molecular flexibility index (Phi) is 3.66. The summed E-state index contributed by atoms with van der Waals surface area (Å²) < 4.78 is 0. The van der Waals surface area contributed by atoms with Crippen LogP contribution in [0.2, 0.25) is 0 Å². The molecule has 0 saturated heterocycles. The molecule has 1 aliphatic rings. The van der Waals surface area contributed by atoms with E-state index in [0.29, 0.717) is 12.0 Å². The van der Waals surface area contributed by atoms with Crippen LogP contribution in [0.5, 0.6) is 0 Å². The SMILES string of the molecule is O=C1C=C(c2ccccc2)C/C1=C/c1ccc([N+](=O)[O-])cc1. The predicted octanol–water partition coefficient (Wildman–Crippen LogP) is 4.03. The molecular formula is C18H13NO3. The second-order valence-corrected chi connectivity index (χ2v) is 5.09. The van der Waals surface area contributed by atoms with Gasteiger partial charge in [-0.25, -0.2) is 0 Å². The molecule has 0 spiro atoms. The van der Waals surface area contributed by atoms with Crippen molar-refractivity contribution >= 4 is 23.1 Å². The molecule has 0 aromatic heterocycles. The van der Waals surface area contributed by atoms with Gasteiger partial charge in [0.15, 0.2) is 5.78 Å². The highest BCUT2D eigenvalue weighted by Crippen LogP contribution is 2.30. The maximum absolute atomic E-state index is 12.1. The van der Waals surface area contributed by atoms with Gasteiger partial charge in [-0.2, -0.15) is 0 Å². The molecule has 3 rings (SSSR count). The number of carbonyl (C=O) groups is 1. The summed E-state index contributed by atoms with van der Waals surface area (Å²) in [5.74, 6) is -0.00259. The summed E-state index contributed by atoms with van der Waals surface area (Å²) in [6.07, 6.45) is 4.03. The topological polar surface area (TPSA) is 60.2 Å². The van der Waals surface area contributed by atoms with Gasteiger partial charge in [-0.05, 0) is 41.0 Å². The minimum Gasteiger partial charge on any atom is -0.290 e. The van der Waals surface area contributed by atoms with Crippen molar-refractivity contribution in [1.29, 1.82) is 0 Å². The predicted molar refractivity (Wildman–Crippen MR) is 85.1 cm³/mol. The standard InChI is InChI=1S/C18H13NO3/c20-18-12-15(14-4-2-1-3-5-14)11-16(18)10-13-6-8-17(9-7-13)19(21)22/h1-10,12H,11H2/b16-10-. The number of allylic oxidation sites excluding steroid dienone is 3. The van der Waals surface area contributed by atoms with Crippen LogP contribution in [0.3, 0.4) is 0 Å². The van der Waals surface area contributed by atoms with Crippen LogP contribution in [0.25, 0.3) is 11.6 Å². The molecule has 0 N–H and O–H groups in total. The Labute approximate surface area is 127 Å². The van der Waals surface area contributed by atoms with Crippen molar-refractivity contribution in [3.8, 4) is 0 Å². The quantitative estimate of drug-likeness (QED) is 0.487. The third-order valence-electron chi connectivity index (χ3n) is 3.59. The van der Waals surface area contributed by atoms with E-state index in [-0.39, 0.29) is 11.5 Å². The number of nitro groups is 1. The number of hydrogen-bond donors (Lipinski definition) is 0. The van der Waals surface area contributed by atoms with Gasteiger partial charge in [0.2, 0.25) is 0 Å². The van der Waals surface area contributed by atoms with Gasteiger partial charge >= 0.3 is 0 Å². The largest absolute Gasteiger partial charge is 0.290 e. The van der Waals surface area contributed by atoms with E-state index < -0.39 is 4.92 Å². The molecule has 0 bridgehead atoms. The van der Waals surface area contributed by atoms with Gasteiger partial charge in [0.05, 0.1) is 4.92 Å². The molecule has 2 aromatic carbocycles. The highest BCUT2D eigenvalue weighted by atomic mass is 16.6. The Morgan fingerprint density at radius 3 is 2.32 bits per heavy atom. The lowest BCUT2D eigenvalue weighted by atomic mass is 10.0. The zero-order valence-corrected chi connectivity index (χ0v) is 11.7. The second kappa shape index (κ2) is 5.77. The number of carbonyl (C=O) groups excluding carboxylic acids is 1. The van der Waals surface area contributed by atoms with Crippen molar-refractivity contribution in [3.05, 3.63) is 87.5 Å². The molecular weight excluding hydrogens is 278 g/mol. The first-order chi connectivity index (χ1) is 10.6. The molecule has 22 heavy (non-hydrogen) atoms. The van der Waals surface area contributed by atoms with Gasteiger partial charge in [-0.3, -0.25) is 14.9 Å². The first kappa shape index (κ1) is 13.9. The number of hydrogen-bond acceptors (Lipinski definition) is 3. The summed E-state index contributed by atoms with van der Waals surface area (Å²) in [6, 6.07) is 16.0. The number of nitrogens with zero attached hydrogens (tertiary/aromatic N) is 1. The van der Waals surface area contributed by atoms with Crippen molar-refractivity contribution in [3.63, 3.8) is 0 Å². The molecule has 4 nitrogen and oxygen atoms in total. The van der Waals surface area contributed by atoms with Gasteiger partial charge in [-0.15, -0.1) is 0 Å². The molecule has 2 aromatic rings. The number of ketones is 1. The second-order valence-electron chi connectivity index (χ2n) is 5.09. The smallest absolute Gasteiger partial charge is 0.269 e. The zero-order chi connectivity index (χ0) is 15.5. The van der Waals surface area contributed by atoms with Crippen LogP contribution in [-0.4, -0.2) is 10.7 Å². The van der Waals surface area contributed by atoms with Crippen molar-refractivity contribution in [1.82, 2.24) is 0 Å². The Morgan fingerprint density at radius 1 is 1.00 bits per heavy atom. The molecule has 0 radical (unpaired) electrons. The summed E-state index contributed by atoms with van der Waals surface area (Å²) in [5, 5.41) is 10.6. The summed E-state index contributed by atoms with van der Waals surface area (Å²) in [7, 11) is 0. The van der Waals surface area contributed by atoms with Crippen molar-refractivity contribution < 1.29 is 9.72 Å². The number of non-ortho nitro benzene ring substituents is 1. The average molecular weight is 291 g/mol. The Bertz CT molecular complexity index is 787. The molecule has 0 fully saturated rings. The first-order valence-corrected chi connectivity index (χ1v) is 6.89. The van der Waals surface area contributed by atoms with Gasteiger partial charge in [0.25, 0.3) is 5.69 Å². The molecule has 0 aliphatic heterocycles. The highest BCUT2D eigenvalue weighted by molar-refractivity contribution is 6.16. The van der Waals surface area contributed by atoms with E-state index in [9.17, 15) is 14.9 Å². The van der Waals surface area contributed by atoms with E-state index in [2.05, 4.69) is 0 Å². The first-order valence-electron chi connectivity index (χ1n) is 6.89. The molecule has 0 atom stereocenters. The van der Waals surface area contributed by atoms with E-state index in [1.807, 2.05) is 30.3 Å². The Morgan fingerprint density at radius 2 is 1.68 bits per heavy atom. The summed E-state index contributed by atoms with van der Waals surface area (Å²) in [6.45, 7) is 0. The molecule has 1 aliphatic carbocycles. The summed E-state index contributed by atoms with van der Waals surface area (Å²) in [5.41, 5.74) is 3.58. The third kappa shape index (κ3) is 2.86. The van der Waals surface area contributed by atoms with Crippen LogP contribution in [0.4, 0.5) is 5.69 Å².